The van der Waals surface area contributed by atoms with Gasteiger partial charge in [0.1, 0.15) is 12.1 Å². The molecule has 1 atom stereocenters. The van der Waals surface area contributed by atoms with E-state index in [1.165, 1.54) is 6.33 Å². The fourth-order valence-electron chi connectivity index (χ4n) is 1.53. The molecule has 2 rings (SSSR count). The zero-order valence-corrected chi connectivity index (χ0v) is 9.37. The number of nitrogens with zero attached hydrogens (tertiary/aromatic N) is 3. The highest BCUT2D eigenvalue weighted by molar-refractivity contribution is 5.30. The molecule has 0 spiro atoms. The molecule has 0 saturated heterocycles. The summed E-state index contributed by atoms with van der Waals surface area (Å²) in [5.41, 5.74) is 4.36. The molecule has 0 bridgehead atoms. The third-order valence-electron chi connectivity index (χ3n) is 2.37. The van der Waals surface area contributed by atoms with Gasteiger partial charge in [-0.25, -0.2) is 15.4 Å². The molecular formula is C11H13N5O. The monoisotopic (exact) mass is 231 g/mol. The molecule has 0 saturated carbocycles. The Hall–Kier alpha value is -2.05. The Labute approximate surface area is 98.9 Å². The highest BCUT2D eigenvalue weighted by Crippen LogP contribution is 2.21. The first-order valence-electron chi connectivity index (χ1n) is 5.06. The third-order valence-corrected chi connectivity index (χ3v) is 2.37. The molecule has 2 aromatic heterocycles. The minimum atomic E-state index is -0.236. The number of methoxy groups -OCH3 is 1. The van der Waals surface area contributed by atoms with Crippen LogP contribution in [0.1, 0.15) is 17.3 Å². The maximum atomic E-state index is 5.55. The second-order valence-corrected chi connectivity index (χ2v) is 3.39. The van der Waals surface area contributed by atoms with E-state index in [1.807, 2.05) is 6.07 Å². The zero-order valence-electron chi connectivity index (χ0n) is 9.37. The van der Waals surface area contributed by atoms with E-state index >= 15 is 0 Å². The van der Waals surface area contributed by atoms with Crippen LogP contribution in [0.5, 0.6) is 5.75 Å². The van der Waals surface area contributed by atoms with Crippen LogP contribution < -0.4 is 16.0 Å². The van der Waals surface area contributed by atoms with Gasteiger partial charge in [-0.05, 0) is 17.7 Å². The first kappa shape index (κ1) is 11.4. The second-order valence-electron chi connectivity index (χ2n) is 3.39. The van der Waals surface area contributed by atoms with Crippen LogP contribution in [-0.2, 0) is 0 Å². The van der Waals surface area contributed by atoms with Gasteiger partial charge < -0.3 is 4.74 Å². The normalized spacial score (nSPS) is 12.1. The number of hydrazine groups is 1. The van der Waals surface area contributed by atoms with Gasteiger partial charge in [0, 0.05) is 12.4 Å². The molecule has 1 unspecified atom stereocenters. The molecule has 2 heterocycles. The van der Waals surface area contributed by atoms with Gasteiger partial charge in [0.15, 0.2) is 0 Å². The van der Waals surface area contributed by atoms with Crippen molar-refractivity contribution in [3.05, 3.63) is 48.3 Å². The summed E-state index contributed by atoms with van der Waals surface area (Å²) in [6.07, 6.45) is 6.50. The summed E-state index contributed by atoms with van der Waals surface area (Å²) in [6.45, 7) is 0. The van der Waals surface area contributed by atoms with Gasteiger partial charge in [0.05, 0.1) is 25.0 Å². The maximum Gasteiger partial charge on any atom is 0.137 e. The van der Waals surface area contributed by atoms with Gasteiger partial charge in [0.2, 0.25) is 0 Å². The first-order valence-corrected chi connectivity index (χ1v) is 5.06. The predicted octanol–water partition coefficient (Wildman–Crippen LogP) is 0.433. The standard InChI is InChI=1S/C11H13N5O/c1-17-9-4-8(5-14-6-9)11(16-12)10-2-3-13-7-15-10/h2-7,11,16H,12H2,1H3. The van der Waals surface area contributed by atoms with Crippen molar-refractivity contribution in [2.45, 2.75) is 6.04 Å². The summed E-state index contributed by atoms with van der Waals surface area (Å²) in [5, 5.41) is 0. The van der Waals surface area contributed by atoms with E-state index in [9.17, 15) is 0 Å². The second kappa shape index (κ2) is 5.33. The van der Waals surface area contributed by atoms with Crippen LogP contribution in [0.4, 0.5) is 0 Å². The van der Waals surface area contributed by atoms with Crippen LogP contribution in [0.15, 0.2) is 37.1 Å². The van der Waals surface area contributed by atoms with Crippen molar-refractivity contribution in [1.29, 1.82) is 0 Å². The van der Waals surface area contributed by atoms with E-state index in [4.69, 9.17) is 10.6 Å². The molecule has 0 aliphatic rings. The molecule has 0 aliphatic carbocycles. The molecule has 0 aliphatic heterocycles. The average Bonchev–Trinajstić information content (AvgIpc) is 2.41. The van der Waals surface area contributed by atoms with Crippen LogP contribution in [0, 0.1) is 0 Å². The smallest absolute Gasteiger partial charge is 0.137 e. The number of hydrogen-bond acceptors (Lipinski definition) is 6. The molecular weight excluding hydrogens is 218 g/mol. The molecule has 3 N–H and O–H groups in total. The minimum absolute atomic E-state index is 0.236. The lowest BCUT2D eigenvalue weighted by Gasteiger charge is -2.15. The summed E-state index contributed by atoms with van der Waals surface area (Å²) < 4.78 is 5.12. The Kier molecular flexibility index (Phi) is 3.59. The van der Waals surface area contributed by atoms with Gasteiger partial charge in [-0.1, -0.05) is 0 Å². The third kappa shape index (κ3) is 2.55. The number of pyridine rings is 1. The first-order chi connectivity index (χ1) is 8.35. The highest BCUT2D eigenvalue weighted by Gasteiger charge is 2.14. The molecule has 0 fully saturated rings. The van der Waals surface area contributed by atoms with E-state index in [-0.39, 0.29) is 6.04 Å². The van der Waals surface area contributed by atoms with Crippen molar-refractivity contribution in [2.24, 2.45) is 5.84 Å². The minimum Gasteiger partial charge on any atom is -0.495 e. The van der Waals surface area contributed by atoms with Crippen LogP contribution in [0.25, 0.3) is 0 Å². The summed E-state index contributed by atoms with van der Waals surface area (Å²) >= 11 is 0. The lowest BCUT2D eigenvalue weighted by Crippen LogP contribution is -2.29. The number of nitrogens with one attached hydrogen (secondary N) is 1. The summed E-state index contributed by atoms with van der Waals surface area (Å²) in [7, 11) is 1.59. The molecule has 6 heteroatoms. The summed E-state index contributed by atoms with van der Waals surface area (Å²) in [6, 6.07) is 3.42. The average molecular weight is 231 g/mol. The van der Waals surface area contributed by atoms with Crippen molar-refractivity contribution in [3.8, 4) is 5.75 Å². The quantitative estimate of drug-likeness (QED) is 0.586. The van der Waals surface area contributed by atoms with Crippen molar-refractivity contribution >= 4 is 0 Å². The fourth-order valence-corrected chi connectivity index (χ4v) is 1.53. The number of aromatic nitrogens is 3. The Morgan fingerprint density at radius 3 is 2.88 bits per heavy atom. The van der Waals surface area contributed by atoms with Crippen molar-refractivity contribution in [1.82, 2.24) is 20.4 Å². The Morgan fingerprint density at radius 2 is 2.24 bits per heavy atom. The number of hydrogen-bond donors (Lipinski definition) is 2. The van der Waals surface area contributed by atoms with Crippen molar-refractivity contribution in [3.63, 3.8) is 0 Å². The van der Waals surface area contributed by atoms with Crippen molar-refractivity contribution < 1.29 is 4.74 Å². The number of ether oxygens (including phenoxy) is 1. The molecule has 17 heavy (non-hydrogen) atoms. The highest BCUT2D eigenvalue weighted by atomic mass is 16.5. The molecule has 2 aromatic rings. The van der Waals surface area contributed by atoms with Crippen LogP contribution in [0.3, 0.4) is 0 Å². The molecule has 6 nitrogen and oxygen atoms in total. The number of nitrogens with two attached hydrogens (primary N) is 1. The van der Waals surface area contributed by atoms with Gasteiger partial charge in [-0.15, -0.1) is 0 Å². The lowest BCUT2D eigenvalue weighted by molar-refractivity contribution is 0.411. The number of rotatable bonds is 4. The maximum absolute atomic E-state index is 5.55. The Balaban J connectivity index is 2.35. The molecule has 88 valence electrons. The molecule has 0 aromatic carbocycles. The SMILES string of the molecule is COc1cncc(C(NN)c2ccncn2)c1. The van der Waals surface area contributed by atoms with Crippen LogP contribution >= 0.6 is 0 Å². The van der Waals surface area contributed by atoms with Gasteiger partial charge in [-0.3, -0.25) is 10.8 Å². The zero-order chi connectivity index (χ0) is 12.1. The van der Waals surface area contributed by atoms with E-state index in [0.717, 1.165) is 11.3 Å². The fraction of sp³-hybridized carbons (Fsp3) is 0.182. The Bertz CT molecular complexity index is 476. The van der Waals surface area contributed by atoms with Crippen molar-refractivity contribution in [2.75, 3.05) is 7.11 Å². The van der Waals surface area contributed by atoms with Gasteiger partial charge >= 0.3 is 0 Å². The summed E-state index contributed by atoms with van der Waals surface area (Å²) in [4.78, 5) is 12.1. The predicted molar refractivity (Wildman–Crippen MR) is 62.0 cm³/mol. The lowest BCUT2D eigenvalue weighted by atomic mass is 10.1. The van der Waals surface area contributed by atoms with Gasteiger partial charge in [-0.2, -0.15) is 0 Å². The van der Waals surface area contributed by atoms with E-state index < -0.39 is 0 Å². The van der Waals surface area contributed by atoms with E-state index in [0.29, 0.717) is 5.75 Å². The van der Waals surface area contributed by atoms with E-state index in [1.54, 1.807) is 31.8 Å². The summed E-state index contributed by atoms with van der Waals surface area (Å²) in [5.74, 6) is 6.23. The Morgan fingerprint density at radius 1 is 1.35 bits per heavy atom. The van der Waals surface area contributed by atoms with E-state index in [2.05, 4.69) is 20.4 Å². The van der Waals surface area contributed by atoms with Crippen LogP contribution in [-0.4, -0.2) is 22.1 Å². The van der Waals surface area contributed by atoms with Gasteiger partial charge in [0.25, 0.3) is 0 Å². The molecule has 0 amide bonds. The topological polar surface area (TPSA) is 86.0 Å². The molecule has 0 radical (unpaired) electrons. The van der Waals surface area contributed by atoms with Crippen LogP contribution in [0.2, 0.25) is 0 Å². The largest absolute Gasteiger partial charge is 0.495 e.